The van der Waals surface area contributed by atoms with Crippen molar-refractivity contribution in [2.75, 3.05) is 4.90 Å². The molecule has 3 nitrogen and oxygen atoms in total. The van der Waals surface area contributed by atoms with Gasteiger partial charge in [0.15, 0.2) is 0 Å². The molecule has 0 spiro atoms. The fraction of sp³-hybridized carbons (Fsp3) is 0. The fourth-order valence-electron chi connectivity index (χ4n) is 10.6. The van der Waals surface area contributed by atoms with Crippen LogP contribution in [0.25, 0.3) is 99.5 Å². The van der Waals surface area contributed by atoms with E-state index in [0.717, 1.165) is 39.6 Å². The number of fused-ring (bicyclic) bond motifs is 6. The molecular formula is C66H45N3. The third kappa shape index (κ3) is 6.91. The van der Waals surface area contributed by atoms with Gasteiger partial charge in [0, 0.05) is 55.5 Å². The molecule has 0 saturated carbocycles. The molecule has 13 aromatic rings. The lowest BCUT2D eigenvalue weighted by Gasteiger charge is -2.26. The van der Waals surface area contributed by atoms with Crippen LogP contribution >= 0.6 is 0 Å². The smallest absolute Gasteiger partial charge is 0.0619 e. The van der Waals surface area contributed by atoms with Gasteiger partial charge in [0.05, 0.1) is 22.1 Å². The number of para-hydroxylation sites is 5. The van der Waals surface area contributed by atoms with E-state index in [0.29, 0.717) is 0 Å². The molecule has 0 bridgehead atoms. The van der Waals surface area contributed by atoms with Crippen molar-refractivity contribution in [2.24, 2.45) is 0 Å². The van der Waals surface area contributed by atoms with E-state index in [4.69, 9.17) is 0 Å². The maximum Gasteiger partial charge on any atom is 0.0619 e. The highest BCUT2D eigenvalue weighted by Crippen LogP contribution is 2.43. The summed E-state index contributed by atoms with van der Waals surface area (Å²) in [4.78, 5) is 2.38. The zero-order valence-electron chi connectivity index (χ0n) is 37.8. The number of anilines is 3. The largest absolute Gasteiger partial charge is 0.311 e. The van der Waals surface area contributed by atoms with Crippen molar-refractivity contribution in [1.82, 2.24) is 9.13 Å². The molecule has 0 radical (unpaired) electrons. The van der Waals surface area contributed by atoms with Crippen LogP contribution in [0.15, 0.2) is 273 Å². The molecule has 0 fully saturated rings. The lowest BCUT2D eigenvalue weighted by atomic mass is 9.89. The number of rotatable bonds is 9. The summed E-state index contributed by atoms with van der Waals surface area (Å²) in [5, 5.41) is 5.00. The Morgan fingerprint density at radius 3 is 1.10 bits per heavy atom. The number of hydrogen-bond donors (Lipinski definition) is 0. The van der Waals surface area contributed by atoms with Crippen LogP contribution in [0, 0.1) is 0 Å². The highest BCUT2D eigenvalue weighted by Gasteiger charge is 2.20. The third-order valence-corrected chi connectivity index (χ3v) is 13.8. The Labute approximate surface area is 401 Å². The van der Waals surface area contributed by atoms with Crippen LogP contribution in [0.1, 0.15) is 0 Å². The second kappa shape index (κ2) is 16.9. The second-order valence-corrected chi connectivity index (χ2v) is 17.7. The third-order valence-electron chi connectivity index (χ3n) is 13.8. The second-order valence-electron chi connectivity index (χ2n) is 17.7. The lowest BCUT2D eigenvalue weighted by molar-refractivity contribution is 1.17. The first-order chi connectivity index (χ1) is 34.3. The van der Waals surface area contributed by atoms with Crippen molar-refractivity contribution in [3.63, 3.8) is 0 Å². The first kappa shape index (κ1) is 40.1. The van der Waals surface area contributed by atoms with Crippen molar-refractivity contribution in [2.45, 2.75) is 0 Å². The Kier molecular flexibility index (Phi) is 9.84. The average Bonchev–Trinajstić information content (AvgIpc) is 3.95. The van der Waals surface area contributed by atoms with E-state index in [1.807, 2.05) is 0 Å². The zero-order valence-corrected chi connectivity index (χ0v) is 37.8. The van der Waals surface area contributed by atoms with Crippen LogP contribution in [0.2, 0.25) is 0 Å². The molecule has 2 heterocycles. The molecule has 0 atom stereocenters. The molecule has 69 heavy (non-hydrogen) atoms. The Hall–Kier alpha value is -9.18. The van der Waals surface area contributed by atoms with E-state index in [1.165, 1.54) is 77.0 Å². The molecule has 324 valence electrons. The van der Waals surface area contributed by atoms with Crippen molar-refractivity contribution in [3.05, 3.63) is 273 Å². The Morgan fingerprint density at radius 1 is 0.217 bits per heavy atom. The standard InChI is InChI=1S/C66H45N3/c1-3-18-46(19-4-1)54-22-7-9-24-57(54)58-25-10-8-23-55(58)47-34-38-50(39-35-47)67(52-42-44-53(45-43-52)68-63-31-14-11-26-59(63)60-27-12-15-32-64(60)68)51-40-36-48(37-41-51)56-29-17-30-62-61-28-13-16-33-65(61)69(66(56)62)49-20-5-2-6-21-49/h1-45H. The molecule has 11 aromatic carbocycles. The molecule has 0 unspecified atom stereocenters. The number of hydrogen-bond acceptors (Lipinski definition) is 1. The number of nitrogens with zero attached hydrogens (tertiary/aromatic N) is 3. The minimum atomic E-state index is 1.07. The molecule has 2 aromatic heterocycles. The monoisotopic (exact) mass is 879 g/mol. The van der Waals surface area contributed by atoms with Gasteiger partial charge in [0.1, 0.15) is 0 Å². The predicted octanol–water partition coefficient (Wildman–Crippen LogP) is 18.0. The van der Waals surface area contributed by atoms with Crippen LogP contribution in [0.3, 0.4) is 0 Å². The van der Waals surface area contributed by atoms with Gasteiger partial charge in [-0.05, 0) is 118 Å². The van der Waals surface area contributed by atoms with Crippen LogP contribution < -0.4 is 4.90 Å². The minimum absolute atomic E-state index is 1.07. The summed E-state index contributed by atoms with van der Waals surface area (Å²) < 4.78 is 4.80. The summed E-state index contributed by atoms with van der Waals surface area (Å²) in [5.41, 5.74) is 19.9. The van der Waals surface area contributed by atoms with Gasteiger partial charge >= 0.3 is 0 Å². The Bertz CT molecular complexity index is 3920. The van der Waals surface area contributed by atoms with Crippen LogP contribution in [-0.4, -0.2) is 9.13 Å². The molecule has 13 rings (SSSR count). The van der Waals surface area contributed by atoms with Gasteiger partial charge in [-0.3, -0.25) is 0 Å². The lowest BCUT2D eigenvalue weighted by Crippen LogP contribution is -2.10. The summed E-state index contributed by atoms with van der Waals surface area (Å²) in [5.74, 6) is 0. The normalized spacial score (nSPS) is 11.5. The van der Waals surface area contributed by atoms with Gasteiger partial charge in [0.25, 0.3) is 0 Å². The average molecular weight is 880 g/mol. The quantitative estimate of drug-likeness (QED) is 0.141. The summed E-state index contributed by atoms with van der Waals surface area (Å²) in [7, 11) is 0. The van der Waals surface area contributed by atoms with Gasteiger partial charge in [-0.1, -0.05) is 194 Å². The van der Waals surface area contributed by atoms with Gasteiger partial charge < -0.3 is 14.0 Å². The van der Waals surface area contributed by atoms with Crippen molar-refractivity contribution < 1.29 is 0 Å². The highest BCUT2D eigenvalue weighted by atomic mass is 15.1. The molecule has 0 aliphatic rings. The molecule has 0 N–H and O–H groups in total. The van der Waals surface area contributed by atoms with E-state index >= 15 is 0 Å². The molecule has 0 aliphatic carbocycles. The molecule has 0 saturated heterocycles. The number of aromatic nitrogens is 2. The van der Waals surface area contributed by atoms with Gasteiger partial charge in [-0.2, -0.15) is 0 Å². The van der Waals surface area contributed by atoms with Crippen LogP contribution in [0.4, 0.5) is 17.1 Å². The molecule has 0 amide bonds. The van der Waals surface area contributed by atoms with Crippen molar-refractivity contribution in [1.29, 1.82) is 0 Å². The topological polar surface area (TPSA) is 13.1 Å². The predicted molar refractivity (Wildman–Crippen MR) is 292 cm³/mol. The van der Waals surface area contributed by atoms with Crippen molar-refractivity contribution >= 4 is 60.7 Å². The molecule has 3 heteroatoms. The Balaban J connectivity index is 0.929. The first-order valence-electron chi connectivity index (χ1n) is 23.7. The van der Waals surface area contributed by atoms with E-state index in [9.17, 15) is 0 Å². The first-order valence-corrected chi connectivity index (χ1v) is 23.7. The zero-order chi connectivity index (χ0) is 45.7. The Morgan fingerprint density at radius 2 is 0.565 bits per heavy atom. The van der Waals surface area contributed by atoms with E-state index in [1.54, 1.807) is 0 Å². The van der Waals surface area contributed by atoms with Gasteiger partial charge in [0.2, 0.25) is 0 Å². The van der Waals surface area contributed by atoms with E-state index < -0.39 is 0 Å². The summed E-state index contributed by atoms with van der Waals surface area (Å²) in [6.45, 7) is 0. The van der Waals surface area contributed by atoms with Crippen LogP contribution in [-0.2, 0) is 0 Å². The van der Waals surface area contributed by atoms with Crippen molar-refractivity contribution in [3.8, 4) is 55.9 Å². The summed E-state index contributed by atoms with van der Waals surface area (Å²) >= 11 is 0. The fourth-order valence-corrected chi connectivity index (χ4v) is 10.6. The van der Waals surface area contributed by atoms with E-state index in [-0.39, 0.29) is 0 Å². The highest BCUT2D eigenvalue weighted by molar-refractivity contribution is 6.14. The SMILES string of the molecule is c1ccc(-c2ccccc2-c2ccccc2-c2ccc(N(c3ccc(-c4cccc5c6ccccc6n(-c6ccccc6)c45)cc3)c3ccc(-n4c5ccccc5c5ccccc54)cc3)cc2)cc1. The van der Waals surface area contributed by atoms with Gasteiger partial charge in [-0.25, -0.2) is 0 Å². The maximum atomic E-state index is 2.42. The molecule has 0 aliphatic heterocycles. The number of benzene rings is 11. The minimum Gasteiger partial charge on any atom is -0.311 e. The summed E-state index contributed by atoms with van der Waals surface area (Å²) in [6.07, 6.45) is 0. The van der Waals surface area contributed by atoms with Crippen LogP contribution in [0.5, 0.6) is 0 Å². The summed E-state index contributed by atoms with van der Waals surface area (Å²) in [6, 6.07) is 99.0. The molecular weight excluding hydrogens is 835 g/mol. The van der Waals surface area contributed by atoms with E-state index in [2.05, 4.69) is 287 Å². The maximum absolute atomic E-state index is 2.42. The van der Waals surface area contributed by atoms with Gasteiger partial charge in [-0.15, -0.1) is 0 Å².